The maximum absolute atomic E-state index is 10.9. The molecular weight excluding hydrogens is 196 g/mol. The van der Waals surface area contributed by atoms with E-state index in [9.17, 15) is 4.79 Å². The zero-order valence-corrected chi connectivity index (χ0v) is 10.6. The van der Waals surface area contributed by atoms with Gasteiger partial charge in [-0.1, -0.05) is 26.2 Å². The molecule has 0 N–H and O–H groups in total. The average molecular weight is 216 g/mol. The molecule has 14 heavy (non-hydrogen) atoms. The Morgan fingerprint density at radius 2 is 1.93 bits per heavy atom. The van der Waals surface area contributed by atoms with Crippen LogP contribution in [0, 0.1) is 0 Å². The molecule has 0 aliphatic heterocycles. The molecule has 82 valence electrons. The van der Waals surface area contributed by atoms with Crippen LogP contribution in [0.25, 0.3) is 0 Å². The predicted molar refractivity (Wildman–Crippen MR) is 59.9 cm³/mol. The van der Waals surface area contributed by atoms with Gasteiger partial charge in [0.15, 0.2) is 6.79 Å². The van der Waals surface area contributed by atoms with Crippen molar-refractivity contribution in [2.45, 2.75) is 32.6 Å². The van der Waals surface area contributed by atoms with E-state index in [0.717, 1.165) is 6.04 Å². The van der Waals surface area contributed by atoms with Crippen molar-refractivity contribution in [1.82, 2.24) is 0 Å². The van der Waals surface area contributed by atoms with Crippen molar-refractivity contribution >= 4 is 14.0 Å². The van der Waals surface area contributed by atoms with Gasteiger partial charge in [0.05, 0.1) is 0 Å². The lowest BCUT2D eigenvalue weighted by Gasteiger charge is -2.15. The molecule has 4 heteroatoms. The predicted octanol–water partition coefficient (Wildman–Crippen LogP) is 2.42. The summed E-state index contributed by atoms with van der Waals surface area (Å²) in [6, 6.07) is 1.08. The van der Waals surface area contributed by atoms with E-state index in [2.05, 4.69) is 26.2 Å². The molecule has 0 unspecified atom stereocenters. The zero-order chi connectivity index (χ0) is 11.2. The molecule has 3 nitrogen and oxygen atoms in total. The van der Waals surface area contributed by atoms with E-state index in [0.29, 0.717) is 12.2 Å². The van der Waals surface area contributed by atoms with Crippen LogP contribution in [0.15, 0.2) is 12.2 Å². The van der Waals surface area contributed by atoms with E-state index in [1.807, 2.05) is 0 Å². The van der Waals surface area contributed by atoms with Crippen LogP contribution >= 0.6 is 0 Å². The highest BCUT2D eigenvalue weighted by molar-refractivity contribution is 6.76. The Morgan fingerprint density at radius 1 is 1.36 bits per heavy atom. The molecule has 0 radical (unpaired) electrons. The van der Waals surface area contributed by atoms with Gasteiger partial charge >= 0.3 is 5.97 Å². The van der Waals surface area contributed by atoms with Gasteiger partial charge in [0.2, 0.25) is 0 Å². The summed E-state index contributed by atoms with van der Waals surface area (Å²) < 4.78 is 9.95. The standard InChI is InChI=1S/C10H20O3Si/c1-9(2)10(11)13-8-12-6-7-14(3,4)5/h1,6-8H2,2-5H3. The van der Waals surface area contributed by atoms with Crippen LogP contribution in [0.1, 0.15) is 6.92 Å². The van der Waals surface area contributed by atoms with E-state index in [1.165, 1.54) is 0 Å². The highest BCUT2D eigenvalue weighted by Crippen LogP contribution is 2.07. The van der Waals surface area contributed by atoms with Gasteiger partial charge < -0.3 is 9.47 Å². The van der Waals surface area contributed by atoms with E-state index < -0.39 is 14.0 Å². The van der Waals surface area contributed by atoms with Gasteiger partial charge in [-0.3, -0.25) is 0 Å². The molecule has 0 rings (SSSR count). The molecule has 0 aromatic heterocycles. The van der Waals surface area contributed by atoms with Crippen molar-refractivity contribution in [3.8, 4) is 0 Å². The fraction of sp³-hybridized carbons (Fsp3) is 0.700. The first-order valence-corrected chi connectivity index (χ1v) is 8.44. The third-order valence-corrected chi connectivity index (χ3v) is 3.32. The lowest BCUT2D eigenvalue weighted by molar-refractivity contribution is -0.150. The van der Waals surface area contributed by atoms with Gasteiger partial charge in [-0.15, -0.1) is 0 Å². The first kappa shape index (κ1) is 13.4. The molecule has 0 amide bonds. The molecule has 0 aliphatic rings. The summed E-state index contributed by atoms with van der Waals surface area (Å²) in [4.78, 5) is 10.9. The molecule has 0 saturated carbocycles. The Bertz CT molecular complexity index is 206. The summed E-state index contributed by atoms with van der Waals surface area (Å²) in [6.45, 7) is 12.6. The highest BCUT2D eigenvalue weighted by Gasteiger charge is 2.12. The van der Waals surface area contributed by atoms with Gasteiger partial charge in [-0.2, -0.15) is 0 Å². The van der Waals surface area contributed by atoms with Crippen molar-refractivity contribution in [3.05, 3.63) is 12.2 Å². The maximum atomic E-state index is 10.9. The van der Waals surface area contributed by atoms with Crippen molar-refractivity contribution in [3.63, 3.8) is 0 Å². The van der Waals surface area contributed by atoms with Crippen LogP contribution in [0.5, 0.6) is 0 Å². The van der Waals surface area contributed by atoms with Crippen molar-refractivity contribution < 1.29 is 14.3 Å². The molecule has 0 aromatic rings. The Morgan fingerprint density at radius 3 is 2.36 bits per heavy atom. The third kappa shape index (κ3) is 8.01. The molecule has 0 atom stereocenters. The summed E-state index contributed by atoms with van der Waals surface area (Å²) >= 11 is 0. The van der Waals surface area contributed by atoms with Crippen LogP contribution < -0.4 is 0 Å². The second-order valence-corrected chi connectivity index (χ2v) is 10.2. The van der Waals surface area contributed by atoms with Crippen LogP contribution in [0.4, 0.5) is 0 Å². The van der Waals surface area contributed by atoms with E-state index in [1.54, 1.807) is 6.92 Å². The first-order chi connectivity index (χ1) is 6.33. The zero-order valence-electron chi connectivity index (χ0n) is 9.55. The third-order valence-electron chi connectivity index (χ3n) is 1.62. The molecule has 0 spiro atoms. The minimum absolute atomic E-state index is 0.0379. The Balaban J connectivity index is 3.39. The van der Waals surface area contributed by atoms with Gasteiger partial charge in [0.25, 0.3) is 0 Å². The SMILES string of the molecule is C=C(C)C(=O)OCOCC[Si](C)(C)C. The van der Waals surface area contributed by atoms with E-state index in [-0.39, 0.29) is 6.79 Å². The summed E-state index contributed by atoms with van der Waals surface area (Å²) in [6.07, 6.45) is 0. The van der Waals surface area contributed by atoms with Gasteiger partial charge in [-0.25, -0.2) is 4.79 Å². The number of hydrogen-bond donors (Lipinski definition) is 0. The summed E-state index contributed by atoms with van der Waals surface area (Å²) in [7, 11) is -1.04. The lowest BCUT2D eigenvalue weighted by atomic mass is 10.4. The van der Waals surface area contributed by atoms with Gasteiger partial charge in [0.1, 0.15) is 0 Å². The van der Waals surface area contributed by atoms with Crippen LogP contribution in [-0.4, -0.2) is 27.4 Å². The smallest absolute Gasteiger partial charge is 0.335 e. The van der Waals surface area contributed by atoms with Crippen molar-refractivity contribution in [2.24, 2.45) is 0 Å². The van der Waals surface area contributed by atoms with Gasteiger partial charge in [-0.05, 0) is 13.0 Å². The minimum Gasteiger partial charge on any atom is -0.435 e. The second-order valence-electron chi connectivity index (χ2n) is 4.55. The number of hydrogen-bond acceptors (Lipinski definition) is 3. The van der Waals surface area contributed by atoms with Crippen LogP contribution in [0.3, 0.4) is 0 Å². The largest absolute Gasteiger partial charge is 0.435 e. The first-order valence-electron chi connectivity index (χ1n) is 4.73. The summed E-state index contributed by atoms with van der Waals surface area (Å²) in [5, 5.41) is 0. The Labute approximate surface area is 87.1 Å². The van der Waals surface area contributed by atoms with Gasteiger partial charge in [0, 0.05) is 20.3 Å². The topological polar surface area (TPSA) is 35.5 Å². The van der Waals surface area contributed by atoms with Crippen LogP contribution in [0.2, 0.25) is 25.7 Å². The number of ether oxygens (including phenoxy) is 2. The maximum Gasteiger partial charge on any atom is 0.335 e. The fourth-order valence-electron chi connectivity index (χ4n) is 0.656. The molecular formula is C10H20O3Si. The molecule has 0 heterocycles. The van der Waals surface area contributed by atoms with E-state index >= 15 is 0 Å². The van der Waals surface area contributed by atoms with Crippen LogP contribution in [-0.2, 0) is 14.3 Å². The molecule has 0 aromatic carbocycles. The lowest BCUT2D eigenvalue weighted by Crippen LogP contribution is -2.22. The average Bonchev–Trinajstić information content (AvgIpc) is 2.01. The summed E-state index contributed by atoms with van der Waals surface area (Å²) in [5.74, 6) is -0.391. The Hall–Kier alpha value is -0.613. The fourth-order valence-corrected chi connectivity index (χ4v) is 1.41. The highest BCUT2D eigenvalue weighted by atomic mass is 28.3. The number of rotatable bonds is 6. The Kier molecular flexibility index (Phi) is 5.72. The quantitative estimate of drug-likeness (QED) is 0.225. The van der Waals surface area contributed by atoms with Crippen molar-refractivity contribution in [2.75, 3.05) is 13.4 Å². The normalized spacial score (nSPS) is 11.1. The van der Waals surface area contributed by atoms with E-state index in [4.69, 9.17) is 9.47 Å². The monoisotopic (exact) mass is 216 g/mol. The molecule has 0 saturated heterocycles. The molecule has 0 aliphatic carbocycles. The minimum atomic E-state index is -1.04. The summed E-state index contributed by atoms with van der Waals surface area (Å²) in [5.41, 5.74) is 0.402. The number of carbonyl (C=O) groups is 1. The number of esters is 1. The number of carbonyl (C=O) groups excluding carboxylic acids is 1. The molecule has 0 fully saturated rings. The molecule has 0 bridgehead atoms. The van der Waals surface area contributed by atoms with Crippen molar-refractivity contribution in [1.29, 1.82) is 0 Å². The second kappa shape index (κ2) is 5.98.